The molecule has 5 aromatic rings. The van der Waals surface area contributed by atoms with Gasteiger partial charge in [-0.15, -0.1) is 0 Å². The predicted molar refractivity (Wildman–Crippen MR) is 114 cm³/mol. The number of halogens is 1. The fourth-order valence-electron chi connectivity index (χ4n) is 3.06. The average Bonchev–Trinajstić information content (AvgIpc) is 3.13. The monoisotopic (exact) mass is 386 g/mol. The van der Waals surface area contributed by atoms with Crippen LogP contribution in [0.15, 0.2) is 73.1 Å². The topological polar surface area (TPSA) is 78.5 Å². The molecule has 0 aliphatic heterocycles. The van der Waals surface area contributed by atoms with E-state index in [1.807, 2.05) is 60.8 Å². The smallest absolute Gasteiger partial charge is 0.178 e. The number of anilines is 4. The van der Waals surface area contributed by atoms with Crippen molar-refractivity contribution < 1.29 is 0 Å². The Bertz CT molecular complexity index is 1300. The quantitative estimate of drug-likeness (QED) is 0.372. The van der Waals surface area contributed by atoms with Crippen LogP contribution in [0.2, 0.25) is 5.02 Å². The van der Waals surface area contributed by atoms with Gasteiger partial charge in [-0.3, -0.25) is 10.1 Å². The van der Waals surface area contributed by atoms with Crippen molar-refractivity contribution in [2.45, 2.75) is 0 Å². The molecule has 0 saturated carbocycles. The second-order valence-electron chi connectivity index (χ2n) is 6.33. The maximum atomic E-state index is 6.48. The summed E-state index contributed by atoms with van der Waals surface area (Å²) in [6.07, 6.45) is 3.58. The molecule has 0 unspecified atom stereocenters. The molecular weight excluding hydrogens is 372 g/mol. The van der Waals surface area contributed by atoms with E-state index in [0.717, 1.165) is 39.0 Å². The maximum Gasteiger partial charge on any atom is 0.178 e. The van der Waals surface area contributed by atoms with Gasteiger partial charge in [0.05, 0.1) is 16.2 Å². The predicted octanol–water partition coefficient (Wildman–Crippen LogP) is 5.65. The first kappa shape index (κ1) is 16.5. The van der Waals surface area contributed by atoms with E-state index in [1.165, 1.54) is 0 Å². The number of nitrogens with zero attached hydrogens (tertiary/aromatic N) is 3. The number of H-pyrrole nitrogens is 1. The Labute approximate surface area is 165 Å². The standard InChI is InChI=1S/C21H15ClN6/c22-16-11-15(25-21-20-18(27-28-21)6-3-9-23-20)7-8-17(16)26-19-10-13-4-1-2-5-14(13)12-24-19/h1-12H,(H,24,26)(H2,25,27,28). The van der Waals surface area contributed by atoms with Crippen molar-refractivity contribution in [1.29, 1.82) is 0 Å². The van der Waals surface area contributed by atoms with E-state index in [9.17, 15) is 0 Å². The molecule has 0 aliphatic carbocycles. The number of aromatic amines is 1. The van der Waals surface area contributed by atoms with Crippen LogP contribution in [0.25, 0.3) is 21.8 Å². The molecule has 0 fully saturated rings. The van der Waals surface area contributed by atoms with Crippen LogP contribution in [0.1, 0.15) is 0 Å². The number of aromatic nitrogens is 4. The fourth-order valence-corrected chi connectivity index (χ4v) is 3.29. The molecule has 0 amide bonds. The summed E-state index contributed by atoms with van der Waals surface area (Å²) in [7, 11) is 0. The van der Waals surface area contributed by atoms with Crippen molar-refractivity contribution in [3.05, 3.63) is 78.1 Å². The minimum absolute atomic E-state index is 0.577. The Morgan fingerprint density at radius 2 is 1.75 bits per heavy atom. The molecule has 3 aromatic heterocycles. The maximum absolute atomic E-state index is 6.48. The molecule has 0 aliphatic rings. The Kier molecular flexibility index (Phi) is 4.03. The Morgan fingerprint density at radius 3 is 2.64 bits per heavy atom. The molecule has 7 heteroatoms. The van der Waals surface area contributed by atoms with Crippen molar-refractivity contribution in [2.24, 2.45) is 0 Å². The third-order valence-corrected chi connectivity index (χ3v) is 4.76. The van der Waals surface area contributed by atoms with E-state index < -0.39 is 0 Å². The molecule has 28 heavy (non-hydrogen) atoms. The van der Waals surface area contributed by atoms with Gasteiger partial charge in [-0.25, -0.2) is 4.98 Å². The second kappa shape index (κ2) is 6.83. The molecule has 0 bridgehead atoms. The molecule has 3 N–H and O–H groups in total. The summed E-state index contributed by atoms with van der Waals surface area (Å²) in [5, 5.41) is 16.5. The lowest BCUT2D eigenvalue weighted by Crippen LogP contribution is -1.96. The highest BCUT2D eigenvalue weighted by Crippen LogP contribution is 2.30. The molecule has 0 radical (unpaired) electrons. The van der Waals surface area contributed by atoms with E-state index >= 15 is 0 Å². The second-order valence-corrected chi connectivity index (χ2v) is 6.74. The van der Waals surface area contributed by atoms with Gasteiger partial charge in [0, 0.05) is 23.5 Å². The van der Waals surface area contributed by atoms with Gasteiger partial charge in [0.2, 0.25) is 0 Å². The van der Waals surface area contributed by atoms with E-state index in [1.54, 1.807) is 6.20 Å². The Hall–Kier alpha value is -3.64. The summed E-state index contributed by atoms with van der Waals surface area (Å²) in [5.74, 6) is 1.40. The number of fused-ring (bicyclic) bond motifs is 2. The van der Waals surface area contributed by atoms with Gasteiger partial charge in [0.15, 0.2) is 5.82 Å². The van der Waals surface area contributed by atoms with Crippen molar-refractivity contribution in [3.8, 4) is 0 Å². The van der Waals surface area contributed by atoms with Crippen LogP contribution in [0.3, 0.4) is 0 Å². The van der Waals surface area contributed by atoms with Crippen LogP contribution in [0.5, 0.6) is 0 Å². The van der Waals surface area contributed by atoms with E-state index in [4.69, 9.17) is 11.6 Å². The average molecular weight is 387 g/mol. The lowest BCUT2D eigenvalue weighted by Gasteiger charge is -2.11. The third kappa shape index (κ3) is 3.10. The lowest BCUT2D eigenvalue weighted by atomic mass is 10.2. The molecule has 3 heterocycles. The van der Waals surface area contributed by atoms with Crippen LogP contribution in [-0.4, -0.2) is 20.2 Å². The summed E-state index contributed by atoms with van der Waals surface area (Å²) in [5.41, 5.74) is 3.25. The molecule has 0 saturated heterocycles. The molecule has 0 atom stereocenters. The molecule has 2 aromatic carbocycles. The van der Waals surface area contributed by atoms with Gasteiger partial charge in [-0.2, -0.15) is 5.10 Å². The molecule has 136 valence electrons. The van der Waals surface area contributed by atoms with Crippen LogP contribution in [-0.2, 0) is 0 Å². The molecule has 5 rings (SSSR count). The van der Waals surface area contributed by atoms with E-state index in [-0.39, 0.29) is 0 Å². The number of pyridine rings is 2. The lowest BCUT2D eigenvalue weighted by molar-refractivity contribution is 1.12. The summed E-state index contributed by atoms with van der Waals surface area (Å²) < 4.78 is 0. The normalized spacial score (nSPS) is 11.0. The van der Waals surface area contributed by atoms with Gasteiger partial charge in [0.25, 0.3) is 0 Å². The third-order valence-electron chi connectivity index (χ3n) is 4.45. The minimum Gasteiger partial charge on any atom is -0.339 e. The van der Waals surface area contributed by atoms with Gasteiger partial charge < -0.3 is 10.6 Å². The summed E-state index contributed by atoms with van der Waals surface area (Å²) in [6, 6.07) is 19.6. The Balaban J connectivity index is 1.39. The van der Waals surface area contributed by atoms with Gasteiger partial charge in [-0.05, 0) is 41.8 Å². The first-order valence-electron chi connectivity index (χ1n) is 8.74. The van der Waals surface area contributed by atoms with Crippen LogP contribution in [0.4, 0.5) is 23.0 Å². The van der Waals surface area contributed by atoms with Crippen molar-refractivity contribution in [2.75, 3.05) is 10.6 Å². The first-order valence-corrected chi connectivity index (χ1v) is 9.11. The van der Waals surface area contributed by atoms with Crippen LogP contribution >= 0.6 is 11.6 Å². The molecular formula is C21H15ClN6. The van der Waals surface area contributed by atoms with Gasteiger partial charge in [0.1, 0.15) is 11.3 Å². The summed E-state index contributed by atoms with van der Waals surface area (Å²) >= 11 is 6.48. The summed E-state index contributed by atoms with van der Waals surface area (Å²) in [6.45, 7) is 0. The van der Waals surface area contributed by atoms with Crippen LogP contribution < -0.4 is 10.6 Å². The first-order chi connectivity index (χ1) is 13.8. The SMILES string of the molecule is Clc1cc(Nc2n[nH]c3cccnc23)ccc1Nc1cc2ccccc2cn1. The Morgan fingerprint density at radius 1 is 0.857 bits per heavy atom. The molecule has 0 spiro atoms. The number of benzene rings is 2. The van der Waals surface area contributed by atoms with Crippen LogP contribution in [0, 0.1) is 0 Å². The minimum atomic E-state index is 0.577. The largest absolute Gasteiger partial charge is 0.339 e. The number of hydrogen-bond donors (Lipinski definition) is 3. The van der Waals surface area contributed by atoms with E-state index in [2.05, 4.69) is 36.9 Å². The van der Waals surface area contributed by atoms with Gasteiger partial charge >= 0.3 is 0 Å². The zero-order chi connectivity index (χ0) is 18.9. The zero-order valence-electron chi connectivity index (χ0n) is 14.6. The number of hydrogen-bond acceptors (Lipinski definition) is 5. The van der Waals surface area contributed by atoms with E-state index in [0.29, 0.717) is 10.8 Å². The number of nitrogens with one attached hydrogen (secondary N) is 3. The highest BCUT2D eigenvalue weighted by atomic mass is 35.5. The van der Waals surface area contributed by atoms with Crippen molar-refractivity contribution in [3.63, 3.8) is 0 Å². The van der Waals surface area contributed by atoms with Crippen molar-refractivity contribution in [1.82, 2.24) is 20.2 Å². The highest BCUT2D eigenvalue weighted by Gasteiger charge is 2.09. The fraction of sp³-hybridized carbons (Fsp3) is 0. The zero-order valence-corrected chi connectivity index (χ0v) is 15.4. The molecule has 6 nitrogen and oxygen atoms in total. The van der Waals surface area contributed by atoms with Gasteiger partial charge in [-0.1, -0.05) is 35.9 Å². The number of rotatable bonds is 4. The summed E-state index contributed by atoms with van der Waals surface area (Å²) in [4.78, 5) is 8.80. The highest BCUT2D eigenvalue weighted by molar-refractivity contribution is 6.33. The van der Waals surface area contributed by atoms with Crippen molar-refractivity contribution >= 4 is 56.4 Å².